The molecule has 5 nitrogen and oxygen atoms in total. The number of para-hydroxylation sites is 1. The van der Waals surface area contributed by atoms with Crippen LogP contribution in [0.2, 0.25) is 0 Å². The summed E-state index contributed by atoms with van der Waals surface area (Å²) in [5, 5.41) is 0. The topological polar surface area (TPSA) is 52.6 Å². The molecule has 5 heteroatoms. The number of Topliss-reactive ketones (excluding diaryl/α,β-unsaturated/α-hetero) is 1. The summed E-state index contributed by atoms with van der Waals surface area (Å²) in [4.78, 5) is 26.6. The fraction of sp³-hybridized carbons (Fsp3) is 0.231. The van der Waals surface area contributed by atoms with Crippen molar-refractivity contribution in [2.45, 2.75) is 13.0 Å². The highest BCUT2D eigenvalue weighted by Gasteiger charge is 2.36. The Morgan fingerprint density at radius 2 is 1.45 bits per heavy atom. The quantitative estimate of drug-likeness (QED) is 0.384. The van der Waals surface area contributed by atoms with Gasteiger partial charge in [0.05, 0.1) is 33.3 Å². The van der Waals surface area contributed by atoms with E-state index in [1.54, 1.807) is 26.4 Å². The number of quaternary nitrogens is 1. The van der Waals surface area contributed by atoms with E-state index in [1.807, 2.05) is 73.8 Å². The number of benzene rings is 3. The van der Waals surface area contributed by atoms with E-state index < -0.39 is 0 Å². The maximum absolute atomic E-state index is 13.5. The van der Waals surface area contributed by atoms with Gasteiger partial charge in [-0.2, -0.15) is 0 Å². The van der Waals surface area contributed by atoms with Crippen LogP contribution in [-0.4, -0.2) is 44.0 Å². The Labute approximate surface area is 183 Å². The SMILES string of the molecule is COc1cccc(C[N+](C)(CC(=O)c2ccccc2)C(=O)Cc2ccccc2)c1OC. The van der Waals surface area contributed by atoms with Gasteiger partial charge in [-0.25, -0.2) is 4.79 Å². The molecule has 3 rings (SSSR count). The molecule has 0 spiro atoms. The Hall–Kier alpha value is -3.44. The van der Waals surface area contributed by atoms with Gasteiger partial charge in [0.2, 0.25) is 5.78 Å². The van der Waals surface area contributed by atoms with E-state index >= 15 is 0 Å². The number of carbonyl (C=O) groups is 2. The molecule has 0 radical (unpaired) electrons. The van der Waals surface area contributed by atoms with Crippen molar-refractivity contribution in [1.82, 2.24) is 0 Å². The van der Waals surface area contributed by atoms with Crippen LogP contribution in [0.5, 0.6) is 11.5 Å². The van der Waals surface area contributed by atoms with Crippen LogP contribution in [0.1, 0.15) is 21.5 Å². The normalized spacial score (nSPS) is 12.6. The fourth-order valence-electron chi connectivity index (χ4n) is 3.68. The third-order valence-corrected chi connectivity index (χ3v) is 5.39. The highest BCUT2D eigenvalue weighted by molar-refractivity contribution is 5.97. The van der Waals surface area contributed by atoms with Gasteiger partial charge in [-0.15, -0.1) is 0 Å². The Bertz CT molecular complexity index is 1030. The van der Waals surface area contributed by atoms with Gasteiger partial charge in [0.15, 0.2) is 11.5 Å². The first kappa shape index (κ1) is 22.2. The lowest BCUT2D eigenvalue weighted by Crippen LogP contribution is -2.52. The number of methoxy groups -OCH3 is 2. The monoisotopic (exact) mass is 418 g/mol. The number of hydrogen-bond acceptors (Lipinski definition) is 4. The van der Waals surface area contributed by atoms with Crippen LogP contribution in [0, 0.1) is 0 Å². The molecule has 1 unspecified atom stereocenters. The van der Waals surface area contributed by atoms with Crippen LogP contribution in [0.3, 0.4) is 0 Å². The minimum atomic E-state index is -0.0774. The standard InChI is InChI=1S/C26H28NO4/c1-27(19-23(28)21-13-8-5-9-14-21,25(29)17-20-11-6-4-7-12-20)18-22-15-10-16-24(30-2)26(22)31-3/h4-16H,17-19H2,1-3H3/q+1. The lowest BCUT2D eigenvalue weighted by molar-refractivity contribution is -0.839. The number of rotatable bonds is 9. The summed E-state index contributed by atoms with van der Waals surface area (Å²) < 4.78 is 10.9. The summed E-state index contributed by atoms with van der Waals surface area (Å²) in [6.45, 7) is 0.362. The second kappa shape index (κ2) is 10.0. The summed E-state index contributed by atoms with van der Waals surface area (Å²) in [5.74, 6) is 1.05. The zero-order chi connectivity index (χ0) is 22.3. The zero-order valence-electron chi connectivity index (χ0n) is 18.2. The Kier molecular flexibility index (Phi) is 7.21. The van der Waals surface area contributed by atoms with E-state index in [0.717, 1.165) is 11.1 Å². The van der Waals surface area contributed by atoms with Gasteiger partial charge >= 0.3 is 5.91 Å². The molecule has 0 aliphatic rings. The molecule has 31 heavy (non-hydrogen) atoms. The molecule has 1 atom stereocenters. The summed E-state index contributed by atoms with van der Waals surface area (Å²) in [7, 11) is 4.97. The smallest absolute Gasteiger partial charge is 0.318 e. The van der Waals surface area contributed by atoms with E-state index in [9.17, 15) is 9.59 Å². The number of nitrogens with zero attached hydrogens (tertiary/aromatic N) is 1. The van der Waals surface area contributed by atoms with E-state index in [2.05, 4.69) is 0 Å². The van der Waals surface area contributed by atoms with E-state index in [1.165, 1.54) is 0 Å². The van der Waals surface area contributed by atoms with E-state index in [4.69, 9.17) is 9.47 Å². The molecule has 0 fully saturated rings. The molecule has 0 bridgehead atoms. The van der Waals surface area contributed by atoms with Crippen LogP contribution < -0.4 is 9.47 Å². The molecular weight excluding hydrogens is 390 g/mol. The predicted molar refractivity (Wildman–Crippen MR) is 120 cm³/mol. The van der Waals surface area contributed by atoms with Gasteiger partial charge in [-0.1, -0.05) is 66.7 Å². The molecule has 160 valence electrons. The molecule has 0 saturated heterocycles. The highest BCUT2D eigenvalue weighted by atomic mass is 16.5. The number of ether oxygens (including phenoxy) is 2. The van der Waals surface area contributed by atoms with Crippen molar-refractivity contribution in [2.75, 3.05) is 27.8 Å². The van der Waals surface area contributed by atoms with Crippen LogP contribution in [0.15, 0.2) is 78.9 Å². The molecule has 0 saturated carbocycles. The van der Waals surface area contributed by atoms with Gasteiger partial charge in [-0.3, -0.25) is 9.28 Å². The molecule has 0 aliphatic heterocycles. The van der Waals surface area contributed by atoms with Crippen molar-refractivity contribution in [2.24, 2.45) is 0 Å². The first-order valence-electron chi connectivity index (χ1n) is 10.2. The maximum atomic E-state index is 13.5. The molecular formula is C26H28NO4+. The van der Waals surface area contributed by atoms with Crippen LogP contribution in [0.4, 0.5) is 0 Å². The van der Waals surface area contributed by atoms with Crippen molar-refractivity contribution in [3.05, 3.63) is 95.6 Å². The van der Waals surface area contributed by atoms with Gasteiger partial charge in [0, 0.05) is 5.56 Å². The predicted octanol–water partition coefficient (Wildman–Crippen LogP) is 4.30. The second-order valence-electron chi connectivity index (χ2n) is 7.71. The van der Waals surface area contributed by atoms with Crippen molar-refractivity contribution < 1.29 is 23.5 Å². The summed E-state index contributed by atoms with van der Waals surface area (Å²) in [6, 6.07) is 24.2. The zero-order valence-corrected chi connectivity index (χ0v) is 18.2. The van der Waals surface area contributed by atoms with Crippen molar-refractivity contribution in [3.8, 4) is 11.5 Å². The molecule has 3 aromatic carbocycles. The Morgan fingerprint density at radius 3 is 2.06 bits per heavy atom. The van der Waals surface area contributed by atoms with Gasteiger partial charge in [0.1, 0.15) is 13.1 Å². The third-order valence-electron chi connectivity index (χ3n) is 5.39. The molecule has 1 amide bonds. The number of hydrogen-bond donors (Lipinski definition) is 0. The Balaban J connectivity index is 1.95. The maximum Gasteiger partial charge on any atom is 0.318 e. The lowest BCUT2D eigenvalue weighted by Gasteiger charge is -2.32. The largest absolute Gasteiger partial charge is 0.493 e. The number of likely N-dealkylation sites (N-methyl/N-ethyl adjacent to an activating group) is 1. The first-order chi connectivity index (χ1) is 15.0. The van der Waals surface area contributed by atoms with Gasteiger partial charge in [0.25, 0.3) is 0 Å². The lowest BCUT2D eigenvalue weighted by atomic mass is 10.1. The minimum Gasteiger partial charge on any atom is -0.493 e. The van der Waals surface area contributed by atoms with Crippen molar-refractivity contribution >= 4 is 11.7 Å². The van der Waals surface area contributed by atoms with Crippen LogP contribution >= 0.6 is 0 Å². The average molecular weight is 419 g/mol. The average Bonchev–Trinajstić information content (AvgIpc) is 2.80. The van der Waals surface area contributed by atoms with Crippen LogP contribution in [-0.2, 0) is 17.8 Å². The summed E-state index contributed by atoms with van der Waals surface area (Å²) in [5.41, 5.74) is 2.32. The third kappa shape index (κ3) is 5.38. The van der Waals surface area contributed by atoms with Gasteiger partial charge < -0.3 is 9.47 Å². The molecule has 0 N–H and O–H groups in total. The van der Waals surface area contributed by atoms with E-state index in [-0.39, 0.29) is 29.1 Å². The van der Waals surface area contributed by atoms with Crippen molar-refractivity contribution in [3.63, 3.8) is 0 Å². The van der Waals surface area contributed by atoms with Crippen molar-refractivity contribution in [1.29, 1.82) is 0 Å². The fourth-order valence-corrected chi connectivity index (χ4v) is 3.68. The molecule has 3 aromatic rings. The van der Waals surface area contributed by atoms with Gasteiger partial charge in [-0.05, 0) is 17.7 Å². The minimum absolute atomic E-state index is 0.0413. The number of ketones is 1. The summed E-state index contributed by atoms with van der Waals surface area (Å²) >= 11 is 0. The Morgan fingerprint density at radius 1 is 0.806 bits per heavy atom. The molecule has 0 aliphatic carbocycles. The van der Waals surface area contributed by atoms with Crippen LogP contribution in [0.25, 0.3) is 0 Å². The highest BCUT2D eigenvalue weighted by Crippen LogP contribution is 2.33. The molecule has 0 aromatic heterocycles. The van der Waals surface area contributed by atoms with E-state index in [0.29, 0.717) is 23.6 Å². The molecule has 0 heterocycles. The number of carbonyl (C=O) groups excluding carboxylic acids is 2. The first-order valence-corrected chi connectivity index (χ1v) is 10.2. The summed E-state index contributed by atoms with van der Waals surface area (Å²) in [6.07, 6.45) is 0.242. The second-order valence-corrected chi connectivity index (χ2v) is 7.71. The number of amides is 1.